The van der Waals surface area contributed by atoms with Crippen molar-refractivity contribution in [3.05, 3.63) is 164 Å². The lowest BCUT2D eigenvalue weighted by molar-refractivity contribution is 0.669. The Kier molecular flexibility index (Phi) is 6.15. The van der Waals surface area contributed by atoms with E-state index in [2.05, 4.69) is 121 Å². The minimum Gasteiger partial charge on any atom is -0.456 e. The fraction of sp³-hybridized carbons (Fsp3) is 0. The average molecular weight is 626 g/mol. The first-order valence-corrected chi connectivity index (χ1v) is 16.4. The molecule has 0 N–H and O–H groups in total. The van der Waals surface area contributed by atoms with Crippen LogP contribution in [-0.4, -0.2) is 15.0 Å². The fourth-order valence-corrected chi connectivity index (χ4v) is 7.06. The van der Waals surface area contributed by atoms with Crippen LogP contribution < -0.4 is 0 Å². The molecule has 0 spiro atoms. The summed E-state index contributed by atoms with van der Waals surface area (Å²) in [5.74, 6) is 1.84. The van der Waals surface area contributed by atoms with Gasteiger partial charge in [-0.3, -0.25) is 0 Å². The zero-order valence-electron chi connectivity index (χ0n) is 26.3. The van der Waals surface area contributed by atoms with E-state index in [1.807, 2.05) is 42.5 Å². The Balaban J connectivity index is 1.24. The van der Waals surface area contributed by atoms with Gasteiger partial charge in [0.2, 0.25) is 0 Å². The van der Waals surface area contributed by atoms with Crippen molar-refractivity contribution in [3.63, 3.8) is 0 Å². The molecule has 4 nitrogen and oxygen atoms in total. The highest BCUT2D eigenvalue weighted by molar-refractivity contribution is 6.15. The number of aromatic nitrogens is 3. The molecule has 0 aliphatic rings. The van der Waals surface area contributed by atoms with Crippen LogP contribution in [0.25, 0.3) is 99.5 Å². The van der Waals surface area contributed by atoms with Crippen molar-refractivity contribution < 1.29 is 4.42 Å². The molecule has 10 rings (SSSR count). The topological polar surface area (TPSA) is 51.8 Å². The number of fused-ring (bicyclic) bond motifs is 7. The van der Waals surface area contributed by atoms with E-state index in [1.54, 1.807) is 0 Å². The van der Waals surface area contributed by atoms with E-state index < -0.39 is 0 Å². The molecule has 228 valence electrons. The van der Waals surface area contributed by atoms with E-state index in [4.69, 9.17) is 19.4 Å². The highest BCUT2D eigenvalue weighted by Gasteiger charge is 2.19. The molecule has 8 aromatic carbocycles. The third-order valence-electron chi connectivity index (χ3n) is 9.47. The van der Waals surface area contributed by atoms with Crippen molar-refractivity contribution in [3.8, 4) is 45.3 Å². The van der Waals surface area contributed by atoms with Crippen molar-refractivity contribution in [1.82, 2.24) is 15.0 Å². The monoisotopic (exact) mass is 625 g/mol. The first kappa shape index (κ1) is 27.5. The molecule has 49 heavy (non-hydrogen) atoms. The zero-order valence-corrected chi connectivity index (χ0v) is 26.3. The van der Waals surface area contributed by atoms with Crippen LogP contribution in [0.5, 0.6) is 0 Å². The normalized spacial score (nSPS) is 11.7. The molecular formula is C45H27N3O. The van der Waals surface area contributed by atoms with Crippen molar-refractivity contribution in [2.24, 2.45) is 0 Å². The van der Waals surface area contributed by atoms with Crippen LogP contribution >= 0.6 is 0 Å². The maximum Gasteiger partial charge on any atom is 0.164 e. The highest BCUT2D eigenvalue weighted by Crippen LogP contribution is 2.41. The molecule has 0 fully saturated rings. The largest absolute Gasteiger partial charge is 0.456 e. The Labute approximate surface area is 282 Å². The standard InChI is InChI=1S/C45H27N3O/c1-2-12-31(13-3-1)43-46-44(34-23-18-28-10-4-5-14-32(28)24-34)48-45(47-43)35-26-39(42-37-16-8-9-17-40(37)49-41(42)27-35)33-22-21-30-20-19-29-11-6-7-15-36(29)38(30)25-33/h1-27H. The Hall–Kier alpha value is -6.65. The summed E-state index contributed by atoms with van der Waals surface area (Å²) in [5.41, 5.74) is 6.54. The van der Waals surface area contributed by atoms with Gasteiger partial charge in [-0.25, -0.2) is 15.0 Å². The molecule has 2 aromatic heterocycles. The number of rotatable bonds is 4. The molecule has 0 saturated heterocycles. The maximum atomic E-state index is 6.54. The molecule has 0 bridgehead atoms. The van der Waals surface area contributed by atoms with Gasteiger partial charge in [0.25, 0.3) is 0 Å². The first-order valence-electron chi connectivity index (χ1n) is 16.4. The lowest BCUT2D eigenvalue weighted by Gasteiger charge is -2.12. The Morgan fingerprint density at radius 3 is 1.76 bits per heavy atom. The minimum absolute atomic E-state index is 0.590. The first-order chi connectivity index (χ1) is 24.2. The smallest absolute Gasteiger partial charge is 0.164 e. The molecule has 10 aromatic rings. The summed E-state index contributed by atoms with van der Waals surface area (Å²) in [5, 5.41) is 9.34. The molecule has 0 radical (unpaired) electrons. The minimum atomic E-state index is 0.590. The van der Waals surface area contributed by atoms with Crippen molar-refractivity contribution in [1.29, 1.82) is 0 Å². The van der Waals surface area contributed by atoms with Crippen LogP contribution in [0.4, 0.5) is 0 Å². The van der Waals surface area contributed by atoms with Crippen molar-refractivity contribution >= 4 is 54.3 Å². The summed E-state index contributed by atoms with van der Waals surface area (Å²) in [7, 11) is 0. The molecule has 0 aliphatic carbocycles. The van der Waals surface area contributed by atoms with Crippen LogP contribution in [0.2, 0.25) is 0 Å². The van der Waals surface area contributed by atoms with Crippen LogP contribution in [0.3, 0.4) is 0 Å². The number of furan rings is 1. The summed E-state index contributed by atoms with van der Waals surface area (Å²) in [6.07, 6.45) is 0. The Morgan fingerprint density at radius 2 is 0.918 bits per heavy atom. The Bertz CT molecular complexity index is 2890. The summed E-state index contributed by atoms with van der Waals surface area (Å²) >= 11 is 0. The average Bonchev–Trinajstić information content (AvgIpc) is 3.56. The molecule has 2 heterocycles. The van der Waals surface area contributed by atoms with Crippen LogP contribution in [-0.2, 0) is 0 Å². The lowest BCUT2D eigenvalue weighted by Crippen LogP contribution is -2.00. The van der Waals surface area contributed by atoms with Gasteiger partial charge in [0.1, 0.15) is 11.2 Å². The molecule has 0 saturated carbocycles. The van der Waals surface area contributed by atoms with Crippen molar-refractivity contribution in [2.45, 2.75) is 0 Å². The van der Waals surface area contributed by atoms with Gasteiger partial charge in [-0.05, 0) is 73.8 Å². The second-order valence-corrected chi connectivity index (χ2v) is 12.5. The fourth-order valence-electron chi connectivity index (χ4n) is 7.06. The van der Waals surface area contributed by atoms with Gasteiger partial charge < -0.3 is 4.42 Å². The SMILES string of the molecule is c1ccc(-c2nc(-c3ccc4ccccc4c3)nc(-c3cc(-c4ccc5ccc6ccccc6c5c4)c4c(c3)oc3ccccc34)n2)cc1. The maximum absolute atomic E-state index is 6.54. The van der Waals surface area contributed by atoms with Crippen LogP contribution in [0.15, 0.2) is 168 Å². The Morgan fingerprint density at radius 1 is 0.327 bits per heavy atom. The molecule has 0 aliphatic heterocycles. The number of benzene rings is 8. The predicted molar refractivity (Wildman–Crippen MR) is 201 cm³/mol. The van der Waals surface area contributed by atoms with Gasteiger partial charge in [0.15, 0.2) is 17.5 Å². The second-order valence-electron chi connectivity index (χ2n) is 12.5. The van der Waals surface area contributed by atoms with E-state index in [0.717, 1.165) is 55.1 Å². The number of nitrogens with zero attached hydrogens (tertiary/aromatic N) is 3. The van der Waals surface area contributed by atoms with Gasteiger partial charge in [-0.1, -0.05) is 133 Å². The van der Waals surface area contributed by atoms with Gasteiger partial charge in [0, 0.05) is 27.5 Å². The summed E-state index contributed by atoms with van der Waals surface area (Å²) in [6, 6.07) is 57.0. The molecule has 4 heteroatoms. The predicted octanol–water partition coefficient (Wildman–Crippen LogP) is 11.9. The molecule has 0 amide bonds. The van der Waals surface area contributed by atoms with E-state index in [-0.39, 0.29) is 0 Å². The van der Waals surface area contributed by atoms with Gasteiger partial charge >= 0.3 is 0 Å². The van der Waals surface area contributed by atoms with Crippen molar-refractivity contribution in [2.75, 3.05) is 0 Å². The summed E-state index contributed by atoms with van der Waals surface area (Å²) in [6.45, 7) is 0. The quantitative estimate of drug-likeness (QED) is 0.183. The lowest BCUT2D eigenvalue weighted by atomic mass is 9.93. The van der Waals surface area contributed by atoms with Gasteiger partial charge in [0.05, 0.1) is 0 Å². The molecular weight excluding hydrogens is 599 g/mol. The summed E-state index contributed by atoms with van der Waals surface area (Å²) in [4.78, 5) is 15.2. The van der Waals surface area contributed by atoms with Gasteiger partial charge in [-0.15, -0.1) is 0 Å². The number of hydrogen-bond acceptors (Lipinski definition) is 4. The highest BCUT2D eigenvalue weighted by atomic mass is 16.3. The molecule has 0 unspecified atom stereocenters. The van der Waals surface area contributed by atoms with Crippen LogP contribution in [0, 0.1) is 0 Å². The van der Waals surface area contributed by atoms with E-state index in [0.29, 0.717) is 17.5 Å². The van der Waals surface area contributed by atoms with E-state index in [9.17, 15) is 0 Å². The number of para-hydroxylation sites is 1. The second kappa shape index (κ2) is 11.0. The van der Waals surface area contributed by atoms with E-state index >= 15 is 0 Å². The van der Waals surface area contributed by atoms with Gasteiger partial charge in [-0.2, -0.15) is 0 Å². The molecule has 0 atom stereocenters. The third-order valence-corrected chi connectivity index (χ3v) is 9.47. The third kappa shape index (κ3) is 4.65. The van der Waals surface area contributed by atoms with E-state index in [1.165, 1.54) is 26.9 Å². The zero-order chi connectivity index (χ0) is 32.3. The number of hydrogen-bond donors (Lipinski definition) is 0. The summed E-state index contributed by atoms with van der Waals surface area (Å²) < 4.78 is 6.54. The van der Waals surface area contributed by atoms with Crippen LogP contribution in [0.1, 0.15) is 0 Å².